The Kier molecular flexibility index (Phi) is 4.62. The predicted molar refractivity (Wildman–Crippen MR) is 64.9 cm³/mol. The van der Waals surface area contributed by atoms with Crippen molar-refractivity contribution in [3.63, 3.8) is 0 Å². The van der Waals surface area contributed by atoms with Gasteiger partial charge in [-0.1, -0.05) is 49.5 Å². The van der Waals surface area contributed by atoms with Gasteiger partial charge in [0.1, 0.15) is 0 Å². The van der Waals surface area contributed by atoms with E-state index in [0.29, 0.717) is 27.9 Å². The van der Waals surface area contributed by atoms with Crippen LogP contribution in [0, 0.1) is 5.92 Å². The Balaban J connectivity index is 2.91. The second kappa shape index (κ2) is 5.53. The molecule has 3 heteroatoms. The summed E-state index contributed by atoms with van der Waals surface area (Å²) in [4.78, 5) is 11.9. The van der Waals surface area contributed by atoms with E-state index in [1.54, 1.807) is 18.2 Å². The molecule has 0 aliphatic rings. The number of carbonyl (C=O) groups excluding carboxylic acids is 1. The number of rotatable bonds is 4. The van der Waals surface area contributed by atoms with Gasteiger partial charge in [-0.3, -0.25) is 4.79 Å². The molecule has 0 aromatic heterocycles. The molecule has 0 spiro atoms. The van der Waals surface area contributed by atoms with E-state index in [1.807, 2.05) is 6.92 Å². The molecule has 0 N–H and O–H groups in total. The van der Waals surface area contributed by atoms with E-state index in [2.05, 4.69) is 6.92 Å². The van der Waals surface area contributed by atoms with Crippen molar-refractivity contribution in [1.29, 1.82) is 0 Å². The first-order chi connectivity index (χ1) is 7.06. The molecule has 1 aromatic carbocycles. The lowest BCUT2D eigenvalue weighted by Crippen LogP contribution is -2.06. The van der Waals surface area contributed by atoms with E-state index in [-0.39, 0.29) is 5.78 Å². The van der Waals surface area contributed by atoms with Crippen molar-refractivity contribution < 1.29 is 4.79 Å². The number of halogens is 2. The molecule has 15 heavy (non-hydrogen) atoms. The fraction of sp³-hybridized carbons (Fsp3) is 0.417. The molecule has 1 nitrogen and oxygen atoms in total. The standard InChI is InChI=1S/C12H14Cl2O/c1-3-8(2)7-11(15)12-9(13)5-4-6-10(12)14/h4-6,8H,3,7H2,1-2H3. The minimum Gasteiger partial charge on any atom is -0.294 e. The second-order valence-electron chi connectivity index (χ2n) is 3.74. The zero-order valence-corrected chi connectivity index (χ0v) is 10.4. The quantitative estimate of drug-likeness (QED) is 0.708. The first kappa shape index (κ1) is 12.5. The topological polar surface area (TPSA) is 17.1 Å². The maximum atomic E-state index is 11.9. The zero-order valence-electron chi connectivity index (χ0n) is 8.89. The van der Waals surface area contributed by atoms with Gasteiger partial charge in [-0.15, -0.1) is 0 Å². The van der Waals surface area contributed by atoms with Crippen molar-refractivity contribution in [2.24, 2.45) is 5.92 Å². The molecule has 0 saturated carbocycles. The molecular weight excluding hydrogens is 231 g/mol. The molecule has 0 aliphatic carbocycles. The van der Waals surface area contributed by atoms with Gasteiger partial charge in [0.2, 0.25) is 0 Å². The molecule has 0 radical (unpaired) electrons. The third-order valence-electron chi connectivity index (χ3n) is 2.47. The van der Waals surface area contributed by atoms with Gasteiger partial charge in [0.15, 0.2) is 5.78 Å². The van der Waals surface area contributed by atoms with Gasteiger partial charge in [0.05, 0.1) is 15.6 Å². The molecule has 1 unspecified atom stereocenters. The van der Waals surface area contributed by atoms with Gasteiger partial charge in [-0.2, -0.15) is 0 Å². The van der Waals surface area contributed by atoms with Crippen LogP contribution in [0.5, 0.6) is 0 Å². The summed E-state index contributed by atoms with van der Waals surface area (Å²) >= 11 is 11.9. The van der Waals surface area contributed by atoms with Crippen molar-refractivity contribution in [2.75, 3.05) is 0 Å². The molecule has 0 saturated heterocycles. The van der Waals surface area contributed by atoms with Crippen molar-refractivity contribution >= 4 is 29.0 Å². The fourth-order valence-electron chi connectivity index (χ4n) is 1.33. The zero-order chi connectivity index (χ0) is 11.4. The maximum absolute atomic E-state index is 11.9. The summed E-state index contributed by atoms with van der Waals surface area (Å²) in [5.41, 5.74) is 0.459. The number of ketones is 1. The van der Waals surface area contributed by atoms with Gasteiger partial charge in [-0.05, 0) is 18.1 Å². The summed E-state index contributed by atoms with van der Waals surface area (Å²) in [6.07, 6.45) is 1.48. The highest BCUT2D eigenvalue weighted by Crippen LogP contribution is 2.26. The van der Waals surface area contributed by atoms with Crippen molar-refractivity contribution in [3.8, 4) is 0 Å². The van der Waals surface area contributed by atoms with Crippen LogP contribution in [-0.2, 0) is 0 Å². The molecular formula is C12H14Cl2O. The minimum atomic E-state index is 0.0277. The van der Waals surface area contributed by atoms with Crippen LogP contribution in [0.4, 0.5) is 0 Å². The van der Waals surface area contributed by atoms with Gasteiger partial charge in [0, 0.05) is 6.42 Å². The van der Waals surface area contributed by atoms with E-state index in [1.165, 1.54) is 0 Å². The van der Waals surface area contributed by atoms with E-state index in [4.69, 9.17) is 23.2 Å². The minimum absolute atomic E-state index is 0.0277. The van der Waals surface area contributed by atoms with Gasteiger partial charge < -0.3 is 0 Å². The average Bonchev–Trinajstić information content (AvgIpc) is 2.17. The van der Waals surface area contributed by atoms with Gasteiger partial charge in [0.25, 0.3) is 0 Å². The highest BCUT2D eigenvalue weighted by Gasteiger charge is 2.16. The SMILES string of the molecule is CCC(C)CC(=O)c1c(Cl)cccc1Cl. The number of Topliss-reactive ketones (excluding diaryl/α,β-unsaturated/α-hetero) is 1. The van der Waals surface area contributed by atoms with E-state index < -0.39 is 0 Å². The molecule has 82 valence electrons. The van der Waals surface area contributed by atoms with Crippen LogP contribution in [0.2, 0.25) is 10.0 Å². The van der Waals surface area contributed by atoms with Crippen molar-refractivity contribution in [1.82, 2.24) is 0 Å². The highest BCUT2D eigenvalue weighted by atomic mass is 35.5. The molecule has 1 atom stereocenters. The Morgan fingerprint density at radius 1 is 1.33 bits per heavy atom. The van der Waals surface area contributed by atoms with Crippen LogP contribution in [0.25, 0.3) is 0 Å². The van der Waals surface area contributed by atoms with Crippen molar-refractivity contribution in [2.45, 2.75) is 26.7 Å². The third-order valence-corrected chi connectivity index (χ3v) is 3.10. The predicted octanol–water partition coefficient (Wildman–Crippen LogP) is 4.61. The summed E-state index contributed by atoms with van der Waals surface area (Å²) in [6.45, 7) is 4.11. The Morgan fingerprint density at radius 3 is 2.33 bits per heavy atom. The smallest absolute Gasteiger partial charge is 0.166 e. The normalized spacial score (nSPS) is 12.5. The molecule has 0 fully saturated rings. The molecule has 0 amide bonds. The summed E-state index contributed by atoms with van der Waals surface area (Å²) in [5, 5.41) is 0.881. The summed E-state index contributed by atoms with van der Waals surface area (Å²) in [7, 11) is 0. The van der Waals surface area contributed by atoms with Crippen LogP contribution in [0.3, 0.4) is 0 Å². The lowest BCUT2D eigenvalue weighted by Gasteiger charge is -2.09. The summed E-state index contributed by atoms with van der Waals surface area (Å²) in [5.74, 6) is 0.393. The van der Waals surface area contributed by atoms with E-state index in [0.717, 1.165) is 6.42 Å². The van der Waals surface area contributed by atoms with Crippen LogP contribution in [-0.4, -0.2) is 5.78 Å². The summed E-state index contributed by atoms with van der Waals surface area (Å²) in [6, 6.07) is 5.12. The Labute approximate surface area is 100 Å². The van der Waals surface area contributed by atoms with E-state index in [9.17, 15) is 4.79 Å². The maximum Gasteiger partial charge on any atom is 0.166 e. The highest BCUT2D eigenvalue weighted by molar-refractivity contribution is 6.39. The molecule has 0 bridgehead atoms. The molecule has 0 heterocycles. The van der Waals surface area contributed by atoms with E-state index >= 15 is 0 Å². The molecule has 1 rings (SSSR count). The van der Waals surface area contributed by atoms with Crippen LogP contribution < -0.4 is 0 Å². The first-order valence-electron chi connectivity index (χ1n) is 5.03. The Hall–Kier alpha value is -0.530. The van der Waals surface area contributed by atoms with Gasteiger partial charge in [-0.25, -0.2) is 0 Å². The largest absolute Gasteiger partial charge is 0.294 e. The van der Waals surface area contributed by atoms with Crippen LogP contribution in [0.1, 0.15) is 37.0 Å². The number of hydrogen-bond acceptors (Lipinski definition) is 1. The third kappa shape index (κ3) is 3.22. The van der Waals surface area contributed by atoms with Crippen molar-refractivity contribution in [3.05, 3.63) is 33.8 Å². The average molecular weight is 245 g/mol. The number of benzene rings is 1. The fourth-order valence-corrected chi connectivity index (χ4v) is 1.94. The summed E-state index contributed by atoms with van der Waals surface area (Å²) < 4.78 is 0. The first-order valence-corrected chi connectivity index (χ1v) is 5.79. The van der Waals surface area contributed by atoms with Crippen LogP contribution in [0.15, 0.2) is 18.2 Å². The monoisotopic (exact) mass is 244 g/mol. The molecule has 0 aliphatic heterocycles. The lowest BCUT2D eigenvalue weighted by atomic mass is 9.98. The second-order valence-corrected chi connectivity index (χ2v) is 4.55. The number of carbonyl (C=O) groups is 1. The van der Waals surface area contributed by atoms with Gasteiger partial charge >= 0.3 is 0 Å². The Morgan fingerprint density at radius 2 is 1.87 bits per heavy atom. The lowest BCUT2D eigenvalue weighted by molar-refractivity contribution is 0.0964. The molecule has 1 aromatic rings. The van der Waals surface area contributed by atoms with Crippen LogP contribution >= 0.6 is 23.2 Å². The number of hydrogen-bond donors (Lipinski definition) is 0. The Bertz CT molecular complexity index is 340.